The van der Waals surface area contributed by atoms with Gasteiger partial charge in [-0.05, 0) is 25.7 Å². The molecule has 0 N–H and O–H groups in total. The van der Waals surface area contributed by atoms with E-state index in [1.165, 1.54) is 0 Å². The maximum Gasteiger partial charge on any atom is 0.136 e. The molecule has 66 valence electrons. The number of carbonyl (C=O) groups is 2. The van der Waals surface area contributed by atoms with Gasteiger partial charge in [-0.15, -0.1) is 0 Å². The van der Waals surface area contributed by atoms with E-state index in [1.54, 1.807) is 0 Å². The number of carbonyl (C=O) groups excluding carboxylic acids is 2. The highest BCUT2D eigenvalue weighted by Gasteiger charge is 2.38. The molecule has 0 amide bonds. The third-order valence-electron chi connectivity index (χ3n) is 3.19. The Balaban J connectivity index is 2.08. The Morgan fingerprint density at radius 1 is 0.833 bits per heavy atom. The molecular weight excluding hydrogens is 152 g/mol. The normalized spacial score (nSPS) is 36.3. The molecule has 2 atom stereocenters. The minimum Gasteiger partial charge on any atom is -0.299 e. The summed E-state index contributed by atoms with van der Waals surface area (Å²) in [5.41, 5.74) is 0. The summed E-state index contributed by atoms with van der Waals surface area (Å²) in [6, 6.07) is 0. The van der Waals surface area contributed by atoms with Crippen molar-refractivity contribution in [2.45, 2.75) is 38.5 Å². The predicted octanol–water partition coefficient (Wildman–Crippen LogP) is 1.72. The Morgan fingerprint density at radius 3 is 1.50 bits per heavy atom. The lowest BCUT2D eigenvalue weighted by Crippen LogP contribution is -2.21. The van der Waals surface area contributed by atoms with Gasteiger partial charge in [-0.25, -0.2) is 0 Å². The molecule has 0 spiro atoms. The van der Waals surface area contributed by atoms with Gasteiger partial charge in [0.25, 0.3) is 0 Å². The number of hydrogen-bond acceptors (Lipinski definition) is 2. The fourth-order valence-corrected chi connectivity index (χ4v) is 2.54. The SMILES string of the molecule is O=C1CCC[C@H]1[C@@H]1CCCC1=O. The first-order valence-electron chi connectivity index (χ1n) is 4.84. The van der Waals surface area contributed by atoms with Gasteiger partial charge in [0, 0.05) is 24.7 Å². The van der Waals surface area contributed by atoms with E-state index >= 15 is 0 Å². The largest absolute Gasteiger partial charge is 0.299 e. The van der Waals surface area contributed by atoms with E-state index in [1.807, 2.05) is 0 Å². The van der Waals surface area contributed by atoms with Gasteiger partial charge in [0.2, 0.25) is 0 Å². The summed E-state index contributed by atoms with van der Waals surface area (Å²) in [6.07, 6.45) is 5.38. The van der Waals surface area contributed by atoms with Crippen LogP contribution in [0.5, 0.6) is 0 Å². The number of rotatable bonds is 1. The fraction of sp³-hybridized carbons (Fsp3) is 0.800. The van der Waals surface area contributed by atoms with Crippen molar-refractivity contribution < 1.29 is 9.59 Å². The van der Waals surface area contributed by atoms with Crippen LogP contribution in [-0.4, -0.2) is 11.6 Å². The van der Waals surface area contributed by atoms with Crippen LogP contribution in [0.25, 0.3) is 0 Å². The Kier molecular flexibility index (Phi) is 1.99. The molecule has 2 rings (SSSR count). The van der Waals surface area contributed by atoms with Crippen LogP contribution in [-0.2, 0) is 9.59 Å². The summed E-state index contributed by atoms with van der Waals surface area (Å²) in [5, 5.41) is 0. The molecule has 0 radical (unpaired) electrons. The first-order chi connectivity index (χ1) is 5.79. The third-order valence-corrected chi connectivity index (χ3v) is 3.19. The fourth-order valence-electron chi connectivity index (χ4n) is 2.54. The first-order valence-corrected chi connectivity index (χ1v) is 4.84. The van der Waals surface area contributed by atoms with Crippen LogP contribution in [0.2, 0.25) is 0 Å². The lowest BCUT2D eigenvalue weighted by molar-refractivity contribution is -0.129. The summed E-state index contributed by atoms with van der Waals surface area (Å²) in [7, 11) is 0. The lowest BCUT2D eigenvalue weighted by Gasteiger charge is -2.13. The Hall–Kier alpha value is -0.660. The van der Waals surface area contributed by atoms with Gasteiger partial charge in [-0.2, -0.15) is 0 Å². The molecule has 0 aromatic heterocycles. The summed E-state index contributed by atoms with van der Waals surface area (Å²) < 4.78 is 0. The molecule has 0 aromatic carbocycles. The second-order valence-electron chi connectivity index (χ2n) is 3.93. The second-order valence-corrected chi connectivity index (χ2v) is 3.93. The average molecular weight is 166 g/mol. The zero-order valence-corrected chi connectivity index (χ0v) is 7.21. The molecule has 2 aliphatic carbocycles. The van der Waals surface area contributed by atoms with Crippen LogP contribution in [0.4, 0.5) is 0 Å². The number of hydrogen-bond donors (Lipinski definition) is 0. The standard InChI is InChI=1S/C10H14O2/c11-9-5-1-3-7(9)8-4-2-6-10(8)12/h7-8H,1-6H2/t7-,8-/m0/s1. The van der Waals surface area contributed by atoms with Gasteiger partial charge >= 0.3 is 0 Å². The topological polar surface area (TPSA) is 34.1 Å². The van der Waals surface area contributed by atoms with Crippen molar-refractivity contribution in [1.82, 2.24) is 0 Å². The third kappa shape index (κ3) is 1.19. The van der Waals surface area contributed by atoms with Crippen LogP contribution in [0.1, 0.15) is 38.5 Å². The van der Waals surface area contributed by atoms with Crippen molar-refractivity contribution in [3.8, 4) is 0 Å². The molecule has 0 aromatic rings. The molecule has 12 heavy (non-hydrogen) atoms. The van der Waals surface area contributed by atoms with Crippen molar-refractivity contribution in [3.05, 3.63) is 0 Å². The Bertz CT molecular complexity index is 196. The molecule has 0 saturated heterocycles. The summed E-state index contributed by atoms with van der Waals surface area (Å²) >= 11 is 0. The molecule has 0 unspecified atom stereocenters. The van der Waals surface area contributed by atoms with Crippen LogP contribution in [0.3, 0.4) is 0 Å². The summed E-state index contributed by atoms with van der Waals surface area (Å²) in [5.74, 6) is 0.908. The van der Waals surface area contributed by atoms with Gasteiger partial charge in [0.15, 0.2) is 0 Å². The summed E-state index contributed by atoms with van der Waals surface area (Å²) in [4.78, 5) is 22.7. The van der Waals surface area contributed by atoms with Crippen LogP contribution in [0, 0.1) is 11.8 Å². The smallest absolute Gasteiger partial charge is 0.136 e. The van der Waals surface area contributed by atoms with Crippen LogP contribution in [0.15, 0.2) is 0 Å². The Labute approximate surface area is 72.3 Å². The Morgan fingerprint density at radius 2 is 1.25 bits per heavy atom. The van der Waals surface area contributed by atoms with Crippen molar-refractivity contribution in [2.24, 2.45) is 11.8 Å². The maximum atomic E-state index is 11.4. The van der Waals surface area contributed by atoms with E-state index in [0.717, 1.165) is 25.7 Å². The number of ketones is 2. The van der Waals surface area contributed by atoms with Crippen LogP contribution < -0.4 is 0 Å². The molecule has 2 heteroatoms. The minimum atomic E-state index is 0.111. The van der Waals surface area contributed by atoms with Gasteiger partial charge in [0.05, 0.1) is 0 Å². The van der Waals surface area contributed by atoms with Crippen molar-refractivity contribution in [2.75, 3.05) is 0 Å². The molecule has 0 heterocycles. The van der Waals surface area contributed by atoms with E-state index in [2.05, 4.69) is 0 Å². The van der Waals surface area contributed by atoms with Gasteiger partial charge in [-0.3, -0.25) is 9.59 Å². The quantitative estimate of drug-likeness (QED) is 0.594. The summed E-state index contributed by atoms with van der Waals surface area (Å²) in [6.45, 7) is 0. The molecule has 0 bridgehead atoms. The molecule has 0 aliphatic heterocycles. The zero-order valence-electron chi connectivity index (χ0n) is 7.21. The highest BCUT2D eigenvalue weighted by atomic mass is 16.1. The van der Waals surface area contributed by atoms with Gasteiger partial charge < -0.3 is 0 Å². The van der Waals surface area contributed by atoms with Crippen molar-refractivity contribution in [1.29, 1.82) is 0 Å². The van der Waals surface area contributed by atoms with Crippen LogP contribution >= 0.6 is 0 Å². The van der Waals surface area contributed by atoms with Gasteiger partial charge in [0.1, 0.15) is 11.6 Å². The molecule has 2 nitrogen and oxygen atoms in total. The van der Waals surface area contributed by atoms with E-state index in [-0.39, 0.29) is 11.8 Å². The second kappa shape index (κ2) is 3.00. The highest BCUT2D eigenvalue weighted by Crippen LogP contribution is 2.36. The lowest BCUT2D eigenvalue weighted by atomic mass is 9.88. The highest BCUT2D eigenvalue weighted by molar-refractivity contribution is 5.91. The van der Waals surface area contributed by atoms with Crippen molar-refractivity contribution >= 4 is 11.6 Å². The monoisotopic (exact) mass is 166 g/mol. The maximum absolute atomic E-state index is 11.4. The molecule has 2 aliphatic rings. The predicted molar refractivity (Wildman–Crippen MR) is 44.7 cm³/mol. The van der Waals surface area contributed by atoms with E-state index < -0.39 is 0 Å². The van der Waals surface area contributed by atoms with E-state index in [4.69, 9.17) is 0 Å². The van der Waals surface area contributed by atoms with E-state index in [0.29, 0.717) is 24.4 Å². The first kappa shape index (κ1) is 7.96. The van der Waals surface area contributed by atoms with E-state index in [9.17, 15) is 9.59 Å². The average Bonchev–Trinajstić information content (AvgIpc) is 2.59. The minimum absolute atomic E-state index is 0.111. The molecule has 2 fully saturated rings. The number of Topliss-reactive ketones (excluding diaryl/α,β-unsaturated/α-hetero) is 2. The molecular formula is C10H14O2. The zero-order chi connectivity index (χ0) is 8.55. The molecule has 2 saturated carbocycles. The van der Waals surface area contributed by atoms with Crippen molar-refractivity contribution in [3.63, 3.8) is 0 Å². The van der Waals surface area contributed by atoms with Gasteiger partial charge in [-0.1, -0.05) is 0 Å².